The normalized spacial score (nSPS) is 10.3. The molecule has 0 aliphatic rings. The predicted octanol–water partition coefficient (Wildman–Crippen LogP) is 1.16. The first-order valence-corrected chi connectivity index (χ1v) is 9.78. The Balaban J connectivity index is 1.48. The number of ether oxygens (including phenoxy) is 2. The monoisotopic (exact) mass is 425 g/mol. The molecule has 0 aliphatic carbocycles. The third-order valence-corrected chi connectivity index (χ3v) is 4.23. The third-order valence-electron chi connectivity index (χ3n) is 4.23. The summed E-state index contributed by atoms with van der Waals surface area (Å²) in [5, 5.41) is 20.0. The highest BCUT2D eigenvalue weighted by Crippen LogP contribution is 2.04. The van der Waals surface area contributed by atoms with Crippen LogP contribution in [0.3, 0.4) is 0 Å². The van der Waals surface area contributed by atoms with Crippen molar-refractivity contribution in [2.75, 3.05) is 39.5 Å². The number of amides is 2. The van der Waals surface area contributed by atoms with E-state index in [-0.39, 0.29) is 17.6 Å². The van der Waals surface area contributed by atoms with Crippen molar-refractivity contribution in [2.24, 2.45) is 5.73 Å². The first kappa shape index (κ1) is 23.7. The molecule has 0 unspecified atom stereocenters. The fourth-order valence-corrected chi connectivity index (χ4v) is 2.53. The molecule has 0 aliphatic heterocycles. The number of amidine groups is 1. The molecule has 164 valence electrons. The van der Waals surface area contributed by atoms with Gasteiger partial charge in [0.2, 0.25) is 0 Å². The van der Waals surface area contributed by atoms with Crippen LogP contribution in [-0.4, -0.2) is 63.4 Å². The lowest BCUT2D eigenvalue weighted by Crippen LogP contribution is -2.28. The van der Waals surface area contributed by atoms with Gasteiger partial charge in [-0.05, 0) is 29.8 Å². The van der Waals surface area contributed by atoms with Gasteiger partial charge in [-0.25, -0.2) is 0 Å². The molecule has 2 amide bonds. The van der Waals surface area contributed by atoms with Gasteiger partial charge in [0.05, 0.1) is 26.4 Å². The van der Waals surface area contributed by atoms with Crippen molar-refractivity contribution in [1.29, 1.82) is 10.8 Å². The minimum Gasteiger partial charge on any atom is -0.384 e. The second kappa shape index (κ2) is 12.9. The Morgan fingerprint density at radius 3 is 1.61 bits per heavy atom. The molecule has 31 heavy (non-hydrogen) atoms. The molecule has 0 radical (unpaired) electrons. The molecule has 0 saturated carbocycles. The summed E-state index contributed by atoms with van der Waals surface area (Å²) in [6.07, 6.45) is 1.22. The molecule has 2 aromatic rings. The zero-order valence-electron chi connectivity index (χ0n) is 17.1. The average Bonchev–Trinajstić information content (AvgIpc) is 2.80. The Bertz CT molecular complexity index is 882. The highest BCUT2D eigenvalue weighted by Gasteiger charge is 2.06. The highest BCUT2D eigenvalue weighted by molar-refractivity contribution is 5.98. The molecular formula is C22H27N5O4. The van der Waals surface area contributed by atoms with Crippen LogP contribution < -0.4 is 16.4 Å². The molecule has 6 N–H and O–H groups in total. The molecule has 0 saturated heterocycles. The Morgan fingerprint density at radius 2 is 1.19 bits per heavy atom. The third kappa shape index (κ3) is 8.37. The fraction of sp³-hybridized carbons (Fsp3) is 0.273. The van der Waals surface area contributed by atoms with E-state index in [2.05, 4.69) is 10.6 Å². The van der Waals surface area contributed by atoms with Crippen LogP contribution in [0.15, 0.2) is 48.5 Å². The van der Waals surface area contributed by atoms with Crippen LogP contribution in [0.25, 0.3) is 0 Å². The predicted molar refractivity (Wildman–Crippen MR) is 118 cm³/mol. The van der Waals surface area contributed by atoms with Gasteiger partial charge < -0.3 is 31.3 Å². The number of hydrogen-bond donors (Lipinski definition) is 5. The van der Waals surface area contributed by atoms with Gasteiger partial charge in [-0.3, -0.25) is 15.0 Å². The largest absolute Gasteiger partial charge is 0.384 e. The van der Waals surface area contributed by atoms with Crippen LogP contribution in [0.4, 0.5) is 0 Å². The van der Waals surface area contributed by atoms with Crippen LogP contribution in [-0.2, 0) is 9.47 Å². The molecule has 2 aromatic carbocycles. The zero-order valence-corrected chi connectivity index (χ0v) is 17.1. The van der Waals surface area contributed by atoms with Gasteiger partial charge in [0.15, 0.2) is 0 Å². The number of carbonyl (C=O) groups is 2. The van der Waals surface area contributed by atoms with E-state index in [0.29, 0.717) is 56.2 Å². The van der Waals surface area contributed by atoms with E-state index in [1.54, 1.807) is 48.5 Å². The van der Waals surface area contributed by atoms with E-state index in [9.17, 15) is 9.59 Å². The second-order valence-electron chi connectivity index (χ2n) is 6.49. The zero-order chi connectivity index (χ0) is 22.5. The molecule has 0 fully saturated rings. The average molecular weight is 425 g/mol. The van der Waals surface area contributed by atoms with Crippen molar-refractivity contribution in [3.05, 3.63) is 70.8 Å². The number of rotatable bonds is 13. The first-order valence-electron chi connectivity index (χ1n) is 9.78. The fourth-order valence-electron chi connectivity index (χ4n) is 2.53. The summed E-state index contributed by atoms with van der Waals surface area (Å²) < 4.78 is 10.8. The molecule has 0 atom stereocenters. The molecule has 0 bridgehead atoms. The van der Waals surface area contributed by atoms with Crippen molar-refractivity contribution < 1.29 is 19.1 Å². The van der Waals surface area contributed by atoms with Gasteiger partial charge in [0.1, 0.15) is 5.84 Å². The van der Waals surface area contributed by atoms with Gasteiger partial charge in [-0.15, -0.1) is 0 Å². The quantitative estimate of drug-likeness (QED) is 0.185. The molecule has 0 spiro atoms. The number of nitrogens with two attached hydrogens (primary N) is 1. The van der Waals surface area contributed by atoms with Gasteiger partial charge in [-0.2, -0.15) is 0 Å². The molecule has 0 aromatic heterocycles. The van der Waals surface area contributed by atoms with Gasteiger partial charge >= 0.3 is 0 Å². The number of carbonyl (C=O) groups excluding carboxylic acids is 2. The van der Waals surface area contributed by atoms with Gasteiger partial charge in [-0.1, -0.05) is 24.3 Å². The minimum absolute atomic E-state index is 0.0422. The van der Waals surface area contributed by atoms with E-state index in [1.165, 1.54) is 6.21 Å². The standard InChI is InChI=1S/C22H27N5O4/c23-15-16-1-3-18(4-2-16)21(28)26-9-11-30-13-14-31-12-10-27-22(29)19-7-5-17(6-8-19)20(24)25/h1-8,15,23H,9-14H2,(H3,24,25)(H,26,28)(H,27,29). The van der Waals surface area contributed by atoms with E-state index >= 15 is 0 Å². The molecule has 9 nitrogen and oxygen atoms in total. The summed E-state index contributed by atoms with van der Waals surface area (Å²) in [5.74, 6) is -0.458. The number of nitrogen functional groups attached to an aromatic ring is 1. The molecular weight excluding hydrogens is 398 g/mol. The van der Waals surface area contributed by atoms with Gasteiger partial charge in [0, 0.05) is 36.0 Å². The van der Waals surface area contributed by atoms with Crippen LogP contribution >= 0.6 is 0 Å². The molecule has 9 heteroatoms. The lowest BCUT2D eigenvalue weighted by atomic mass is 10.1. The van der Waals surface area contributed by atoms with Crippen LogP contribution in [0.2, 0.25) is 0 Å². The van der Waals surface area contributed by atoms with Crippen LogP contribution in [0.5, 0.6) is 0 Å². The maximum absolute atomic E-state index is 12.0. The summed E-state index contributed by atoms with van der Waals surface area (Å²) in [5.41, 5.74) is 7.71. The Morgan fingerprint density at radius 1 is 0.774 bits per heavy atom. The second-order valence-corrected chi connectivity index (χ2v) is 6.49. The van der Waals surface area contributed by atoms with Crippen molar-refractivity contribution >= 4 is 23.9 Å². The number of hydrogen-bond acceptors (Lipinski definition) is 6. The van der Waals surface area contributed by atoms with Gasteiger partial charge in [0.25, 0.3) is 11.8 Å². The summed E-state index contributed by atoms with van der Waals surface area (Å²) >= 11 is 0. The topological polar surface area (TPSA) is 150 Å². The number of benzene rings is 2. The number of nitrogens with one attached hydrogen (secondary N) is 4. The maximum atomic E-state index is 12.0. The molecule has 0 heterocycles. The van der Waals surface area contributed by atoms with Crippen molar-refractivity contribution in [3.8, 4) is 0 Å². The first-order chi connectivity index (χ1) is 15.0. The minimum atomic E-state index is -0.224. The Kier molecular flexibility index (Phi) is 9.86. The van der Waals surface area contributed by atoms with Crippen LogP contribution in [0, 0.1) is 10.8 Å². The Labute approximate surface area is 180 Å². The summed E-state index contributed by atoms with van der Waals surface area (Å²) in [4.78, 5) is 24.0. The van der Waals surface area contributed by atoms with Crippen molar-refractivity contribution in [1.82, 2.24) is 10.6 Å². The Hall–Kier alpha value is -3.56. The van der Waals surface area contributed by atoms with E-state index < -0.39 is 0 Å². The summed E-state index contributed by atoms with van der Waals surface area (Å²) in [6.45, 7) is 2.21. The highest BCUT2D eigenvalue weighted by atomic mass is 16.5. The van der Waals surface area contributed by atoms with Crippen molar-refractivity contribution in [3.63, 3.8) is 0 Å². The summed E-state index contributed by atoms with van der Waals surface area (Å²) in [6, 6.07) is 13.2. The lowest BCUT2D eigenvalue weighted by Gasteiger charge is -2.08. The summed E-state index contributed by atoms with van der Waals surface area (Å²) in [7, 11) is 0. The maximum Gasteiger partial charge on any atom is 0.251 e. The lowest BCUT2D eigenvalue weighted by molar-refractivity contribution is 0.0486. The SMILES string of the molecule is N=Cc1ccc(C(=O)NCCOCCOCCNC(=O)c2ccc(C(=N)N)cc2)cc1. The van der Waals surface area contributed by atoms with Crippen molar-refractivity contribution in [2.45, 2.75) is 0 Å². The van der Waals surface area contributed by atoms with E-state index in [0.717, 1.165) is 5.56 Å². The molecule has 2 rings (SSSR count). The van der Waals surface area contributed by atoms with Crippen LogP contribution in [0.1, 0.15) is 31.8 Å². The smallest absolute Gasteiger partial charge is 0.251 e. The van der Waals surface area contributed by atoms with E-state index in [1.807, 2.05) is 0 Å². The van der Waals surface area contributed by atoms with E-state index in [4.69, 9.17) is 26.0 Å².